The maximum Gasteiger partial charge on any atom is 0.222 e. The Labute approximate surface area is 157 Å². The van der Waals surface area contributed by atoms with E-state index in [9.17, 15) is 9.50 Å². The number of aliphatic hydroxyl groups is 1. The van der Waals surface area contributed by atoms with Gasteiger partial charge in [0, 0.05) is 29.0 Å². The fraction of sp³-hybridized carbons (Fsp3) is 0.318. The molecule has 3 aromatic rings. The number of anilines is 1. The normalized spacial score (nSPS) is 19.9. The van der Waals surface area contributed by atoms with E-state index in [0.717, 1.165) is 53.3 Å². The average molecular weight is 363 g/mol. The third kappa shape index (κ3) is 2.96. The van der Waals surface area contributed by atoms with E-state index in [-0.39, 0.29) is 17.8 Å². The first-order valence-corrected chi connectivity index (χ1v) is 9.24. The summed E-state index contributed by atoms with van der Waals surface area (Å²) >= 11 is 0. The van der Waals surface area contributed by atoms with Gasteiger partial charge in [0.15, 0.2) is 0 Å². The average Bonchev–Trinajstić information content (AvgIpc) is 3.02. The maximum absolute atomic E-state index is 14.4. The Morgan fingerprint density at radius 2 is 1.93 bits per heavy atom. The first-order chi connectivity index (χ1) is 13.0. The van der Waals surface area contributed by atoms with Gasteiger partial charge in [-0.1, -0.05) is 12.1 Å². The fourth-order valence-electron chi connectivity index (χ4n) is 4.14. The molecule has 0 unspecified atom stereocenters. The van der Waals surface area contributed by atoms with Crippen LogP contribution in [0.2, 0.25) is 0 Å². The number of rotatable bonds is 2. The molecule has 2 aromatic carbocycles. The van der Waals surface area contributed by atoms with Gasteiger partial charge in [0.2, 0.25) is 5.69 Å². The van der Waals surface area contributed by atoms with E-state index >= 15 is 0 Å². The van der Waals surface area contributed by atoms with Gasteiger partial charge in [-0.2, -0.15) is 0 Å². The van der Waals surface area contributed by atoms with E-state index in [1.807, 2.05) is 25.1 Å². The summed E-state index contributed by atoms with van der Waals surface area (Å²) in [4.78, 5) is 3.33. The summed E-state index contributed by atoms with van der Waals surface area (Å²) in [6.07, 6.45) is 5.02. The van der Waals surface area contributed by atoms with Crippen LogP contribution in [0.15, 0.2) is 36.5 Å². The number of aromatic nitrogens is 1. The molecular weight excluding hydrogens is 341 g/mol. The highest BCUT2D eigenvalue weighted by Gasteiger charge is 2.24. The Morgan fingerprint density at radius 1 is 1.19 bits per heavy atom. The van der Waals surface area contributed by atoms with Crippen molar-refractivity contribution in [2.75, 3.05) is 5.73 Å². The Bertz CT molecular complexity index is 1060. The second-order valence-electron chi connectivity index (χ2n) is 7.36. The van der Waals surface area contributed by atoms with Crippen LogP contribution >= 0.6 is 0 Å². The van der Waals surface area contributed by atoms with Crippen molar-refractivity contribution >= 4 is 22.3 Å². The number of fused-ring (bicyclic) bond motifs is 1. The van der Waals surface area contributed by atoms with Crippen molar-refractivity contribution in [2.45, 2.75) is 44.8 Å². The summed E-state index contributed by atoms with van der Waals surface area (Å²) < 4.78 is 16.5. The lowest BCUT2D eigenvalue weighted by Crippen LogP contribution is -2.20. The van der Waals surface area contributed by atoms with Gasteiger partial charge < -0.3 is 15.4 Å². The third-order valence-electron chi connectivity index (χ3n) is 5.75. The SMILES string of the molecule is [C-]#[N+]c1cc2c(-c3cccc(N)c3C)cn(C3CCC(O)CC3)c2cc1F. The molecule has 5 heteroatoms. The summed E-state index contributed by atoms with van der Waals surface area (Å²) in [6, 6.07) is 9.12. The molecule has 0 radical (unpaired) electrons. The standard InChI is InChI=1S/C22H22FN3O/c1-13-16(4-3-5-20(13)24)18-12-26(14-6-8-15(27)9-7-14)22-11-19(23)21(25-2)10-17(18)22/h3-5,10-12,14-15,27H,6-9,24H2,1H3. The summed E-state index contributed by atoms with van der Waals surface area (Å²) in [7, 11) is 0. The van der Waals surface area contributed by atoms with Crippen molar-refractivity contribution in [1.29, 1.82) is 0 Å². The molecule has 0 amide bonds. The number of nitrogens with two attached hydrogens (primary N) is 1. The summed E-state index contributed by atoms with van der Waals surface area (Å²) in [5.41, 5.74) is 10.6. The van der Waals surface area contributed by atoms with Crippen LogP contribution < -0.4 is 5.73 Å². The molecule has 3 N–H and O–H groups in total. The minimum Gasteiger partial charge on any atom is -0.398 e. The third-order valence-corrected chi connectivity index (χ3v) is 5.75. The Morgan fingerprint density at radius 3 is 2.63 bits per heavy atom. The molecule has 1 aliphatic carbocycles. The molecule has 1 saturated carbocycles. The van der Waals surface area contributed by atoms with Crippen LogP contribution in [-0.4, -0.2) is 15.8 Å². The number of hydrogen-bond acceptors (Lipinski definition) is 2. The van der Waals surface area contributed by atoms with Crippen LogP contribution in [-0.2, 0) is 0 Å². The van der Waals surface area contributed by atoms with Crippen LogP contribution in [0.5, 0.6) is 0 Å². The van der Waals surface area contributed by atoms with Gasteiger partial charge in [0.1, 0.15) is 5.82 Å². The number of halogens is 1. The number of nitrogen functional groups attached to an aromatic ring is 1. The number of aliphatic hydroxyl groups excluding tert-OH is 1. The van der Waals surface area contributed by atoms with E-state index in [2.05, 4.69) is 15.6 Å². The fourth-order valence-corrected chi connectivity index (χ4v) is 4.14. The van der Waals surface area contributed by atoms with Crippen molar-refractivity contribution in [2.24, 2.45) is 0 Å². The molecule has 138 valence electrons. The zero-order valence-electron chi connectivity index (χ0n) is 15.2. The second-order valence-corrected chi connectivity index (χ2v) is 7.36. The molecule has 0 aliphatic heterocycles. The highest BCUT2D eigenvalue weighted by molar-refractivity contribution is 5.99. The molecule has 1 aliphatic rings. The largest absolute Gasteiger partial charge is 0.398 e. The van der Waals surface area contributed by atoms with E-state index in [0.29, 0.717) is 5.69 Å². The minimum absolute atomic E-state index is 0.0297. The second kappa shape index (κ2) is 6.71. The first-order valence-electron chi connectivity index (χ1n) is 9.24. The highest BCUT2D eigenvalue weighted by Crippen LogP contribution is 2.41. The van der Waals surface area contributed by atoms with Crippen molar-refractivity contribution in [3.8, 4) is 11.1 Å². The van der Waals surface area contributed by atoms with Gasteiger partial charge in [-0.05, 0) is 67.3 Å². The van der Waals surface area contributed by atoms with E-state index in [1.54, 1.807) is 6.07 Å². The lowest BCUT2D eigenvalue weighted by atomic mass is 9.93. The molecule has 27 heavy (non-hydrogen) atoms. The van der Waals surface area contributed by atoms with Crippen molar-refractivity contribution < 1.29 is 9.50 Å². The quantitative estimate of drug-likeness (QED) is 0.475. The molecule has 4 rings (SSSR count). The maximum atomic E-state index is 14.4. The lowest BCUT2D eigenvalue weighted by Gasteiger charge is -2.27. The van der Waals surface area contributed by atoms with Crippen LogP contribution in [0.25, 0.3) is 26.9 Å². The molecular formula is C22H22FN3O. The lowest BCUT2D eigenvalue weighted by molar-refractivity contribution is 0.111. The molecule has 0 spiro atoms. The van der Waals surface area contributed by atoms with Gasteiger partial charge in [0.05, 0.1) is 12.7 Å². The molecule has 0 saturated heterocycles. The van der Waals surface area contributed by atoms with Gasteiger partial charge >= 0.3 is 0 Å². The monoisotopic (exact) mass is 363 g/mol. The van der Waals surface area contributed by atoms with Gasteiger partial charge in [0.25, 0.3) is 0 Å². The molecule has 1 aromatic heterocycles. The number of nitrogens with zero attached hydrogens (tertiary/aromatic N) is 2. The number of hydrogen-bond donors (Lipinski definition) is 2. The van der Waals surface area contributed by atoms with E-state index in [4.69, 9.17) is 12.3 Å². The Balaban J connectivity index is 1.96. The predicted octanol–water partition coefficient (Wildman–Crippen LogP) is 5.36. The van der Waals surface area contributed by atoms with Crippen LogP contribution in [0.1, 0.15) is 37.3 Å². The summed E-state index contributed by atoms with van der Waals surface area (Å²) in [5, 5.41) is 10.7. The molecule has 4 nitrogen and oxygen atoms in total. The van der Waals surface area contributed by atoms with Crippen LogP contribution in [0.3, 0.4) is 0 Å². The smallest absolute Gasteiger partial charge is 0.222 e. The number of benzene rings is 2. The van der Waals surface area contributed by atoms with E-state index < -0.39 is 5.82 Å². The molecule has 0 atom stereocenters. The Kier molecular flexibility index (Phi) is 4.37. The molecule has 1 heterocycles. The molecule has 1 fully saturated rings. The Hall–Kier alpha value is -2.84. The highest BCUT2D eigenvalue weighted by atomic mass is 19.1. The topological polar surface area (TPSA) is 55.5 Å². The molecule has 0 bridgehead atoms. The first kappa shape index (κ1) is 17.6. The predicted molar refractivity (Wildman–Crippen MR) is 106 cm³/mol. The van der Waals surface area contributed by atoms with Gasteiger partial charge in [-0.3, -0.25) is 0 Å². The van der Waals surface area contributed by atoms with Gasteiger partial charge in [-0.25, -0.2) is 9.24 Å². The van der Waals surface area contributed by atoms with E-state index in [1.165, 1.54) is 6.07 Å². The summed E-state index contributed by atoms with van der Waals surface area (Å²) in [5.74, 6) is -0.497. The van der Waals surface area contributed by atoms with Gasteiger partial charge in [-0.15, -0.1) is 0 Å². The minimum atomic E-state index is -0.497. The van der Waals surface area contributed by atoms with Crippen molar-refractivity contribution in [1.82, 2.24) is 4.57 Å². The zero-order chi connectivity index (χ0) is 19.1. The zero-order valence-corrected chi connectivity index (χ0v) is 15.2. The van der Waals surface area contributed by atoms with Crippen molar-refractivity contribution in [3.05, 3.63) is 59.3 Å². The van der Waals surface area contributed by atoms with Crippen LogP contribution in [0.4, 0.5) is 15.8 Å². The van der Waals surface area contributed by atoms with Crippen molar-refractivity contribution in [3.63, 3.8) is 0 Å². The van der Waals surface area contributed by atoms with Crippen LogP contribution in [0, 0.1) is 19.3 Å². The summed E-state index contributed by atoms with van der Waals surface area (Å²) in [6.45, 7) is 9.24.